The fourth-order valence-corrected chi connectivity index (χ4v) is 2.00. The first-order chi connectivity index (χ1) is 8.78. The summed E-state index contributed by atoms with van der Waals surface area (Å²) >= 11 is 0. The summed E-state index contributed by atoms with van der Waals surface area (Å²) in [7, 11) is 1.63. The molecule has 0 aromatic rings. The van der Waals surface area contributed by atoms with Crippen LogP contribution in [0.15, 0.2) is 0 Å². The van der Waals surface area contributed by atoms with Crippen molar-refractivity contribution in [1.29, 1.82) is 0 Å². The Kier molecular flexibility index (Phi) is 5.79. The molecule has 1 unspecified atom stereocenters. The maximum Gasteiger partial charge on any atom is 0.326 e. The van der Waals surface area contributed by atoms with E-state index in [1.54, 1.807) is 7.05 Å². The van der Waals surface area contributed by atoms with Gasteiger partial charge in [0, 0.05) is 20.1 Å². The van der Waals surface area contributed by atoms with Gasteiger partial charge < -0.3 is 14.4 Å². The normalized spacial score (nSPS) is 19.3. The molecule has 1 aliphatic heterocycles. The lowest BCUT2D eigenvalue weighted by atomic mass is 10.1. The molecule has 5 heteroatoms. The molecular formula is C14H25NO4. The van der Waals surface area contributed by atoms with Crippen molar-refractivity contribution < 1.29 is 19.1 Å². The number of hydrogen-bond acceptors (Lipinski definition) is 4. The fourth-order valence-electron chi connectivity index (χ4n) is 2.00. The Morgan fingerprint density at radius 3 is 2.58 bits per heavy atom. The van der Waals surface area contributed by atoms with Gasteiger partial charge in [0.05, 0.1) is 6.10 Å². The Morgan fingerprint density at radius 2 is 2.05 bits per heavy atom. The average molecular weight is 271 g/mol. The molecule has 110 valence electrons. The smallest absolute Gasteiger partial charge is 0.326 e. The van der Waals surface area contributed by atoms with E-state index < -0.39 is 5.60 Å². The number of amides is 1. The first-order valence-corrected chi connectivity index (χ1v) is 6.85. The molecule has 19 heavy (non-hydrogen) atoms. The molecule has 5 nitrogen and oxygen atoms in total. The van der Waals surface area contributed by atoms with E-state index in [2.05, 4.69) is 0 Å². The van der Waals surface area contributed by atoms with Crippen LogP contribution in [0, 0.1) is 0 Å². The molecule has 0 aromatic carbocycles. The van der Waals surface area contributed by atoms with Crippen LogP contribution < -0.4 is 0 Å². The predicted molar refractivity (Wildman–Crippen MR) is 71.7 cm³/mol. The van der Waals surface area contributed by atoms with Gasteiger partial charge in [-0.25, -0.2) is 0 Å². The third kappa shape index (κ3) is 6.57. The van der Waals surface area contributed by atoms with E-state index in [0.29, 0.717) is 6.42 Å². The van der Waals surface area contributed by atoms with Gasteiger partial charge in [-0.1, -0.05) is 0 Å². The summed E-state index contributed by atoms with van der Waals surface area (Å²) in [5.41, 5.74) is -0.515. The number of likely N-dealkylation sites (N-methyl/N-ethyl adjacent to an activating group) is 1. The summed E-state index contributed by atoms with van der Waals surface area (Å²) < 4.78 is 10.6. The number of nitrogens with zero attached hydrogens (tertiary/aromatic N) is 1. The van der Waals surface area contributed by atoms with Gasteiger partial charge in [0.1, 0.15) is 12.1 Å². The molecule has 0 spiro atoms. The van der Waals surface area contributed by atoms with E-state index in [4.69, 9.17) is 9.47 Å². The van der Waals surface area contributed by atoms with Crippen molar-refractivity contribution in [1.82, 2.24) is 4.90 Å². The molecule has 1 rings (SSSR count). The SMILES string of the molecule is CN(CC(=O)OC(C)(C)C)C(=O)CCC1CCCO1. The number of carbonyl (C=O) groups is 2. The standard InChI is InChI=1S/C14H25NO4/c1-14(2,3)19-13(17)10-15(4)12(16)8-7-11-6-5-9-18-11/h11H,5-10H2,1-4H3. The third-order valence-corrected chi connectivity index (χ3v) is 2.92. The van der Waals surface area contributed by atoms with Crippen molar-refractivity contribution in [2.45, 2.75) is 58.2 Å². The molecule has 0 aromatic heterocycles. The van der Waals surface area contributed by atoms with Gasteiger partial charge in [0.2, 0.25) is 5.91 Å². The Hall–Kier alpha value is -1.10. The summed E-state index contributed by atoms with van der Waals surface area (Å²) in [4.78, 5) is 24.9. The molecule has 0 saturated carbocycles. The quantitative estimate of drug-likeness (QED) is 0.715. The number of esters is 1. The van der Waals surface area contributed by atoms with Gasteiger partial charge in [0.25, 0.3) is 0 Å². The van der Waals surface area contributed by atoms with Gasteiger partial charge in [-0.15, -0.1) is 0 Å². The minimum absolute atomic E-state index is 0.00161. The topological polar surface area (TPSA) is 55.8 Å². The summed E-state index contributed by atoms with van der Waals surface area (Å²) in [5, 5.41) is 0. The van der Waals surface area contributed by atoms with Crippen LogP contribution in [0.2, 0.25) is 0 Å². The van der Waals surface area contributed by atoms with Crippen LogP contribution in [0.25, 0.3) is 0 Å². The lowest BCUT2D eigenvalue weighted by molar-refractivity contribution is -0.158. The van der Waals surface area contributed by atoms with Crippen molar-refractivity contribution in [2.24, 2.45) is 0 Å². The van der Waals surface area contributed by atoms with Crippen molar-refractivity contribution in [3.8, 4) is 0 Å². The maximum atomic E-state index is 11.9. The molecule has 0 N–H and O–H groups in total. The van der Waals surface area contributed by atoms with Gasteiger partial charge in [-0.3, -0.25) is 9.59 Å². The number of carbonyl (C=O) groups excluding carboxylic acids is 2. The highest BCUT2D eigenvalue weighted by atomic mass is 16.6. The largest absolute Gasteiger partial charge is 0.459 e. The summed E-state index contributed by atoms with van der Waals surface area (Å²) in [6.45, 7) is 6.23. The van der Waals surface area contributed by atoms with E-state index in [0.717, 1.165) is 25.9 Å². The van der Waals surface area contributed by atoms with Crippen LogP contribution in [-0.4, -0.2) is 48.7 Å². The zero-order chi connectivity index (χ0) is 14.5. The van der Waals surface area contributed by atoms with Crippen molar-refractivity contribution in [2.75, 3.05) is 20.2 Å². The molecule has 0 bridgehead atoms. The van der Waals surface area contributed by atoms with Gasteiger partial charge in [-0.2, -0.15) is 0 Å². The fraction of sp³-hybridized carbons (Fsp3) is 0.857. The Balaban J connectivity index is 2.25. The highest BCUT2D eigenvalue weighted by Gasteiger charge is 2.21. The molecule has 1 aliphatic rings. The van der Waals surface area contributed by atoms with Gasteiger partial charge >= 0.3 is 5.97 Å². The lowest BCUT2D eigenvalue weighted by Crippen LogP contribution is -2.36. The number of hydrogen-bond donors (Lipinski definition) is 0. The minimum atomic E-state index is -0.515. The van der Waals surface area contributed by atoms with Crippen molar-refractivity contribution in [3.05, 3.63) is 0 Å². The van der Waals surface area contributed by atoms with Crippen molar-refractivity contribution >= 4 is 11.9 Å². The van der Waals surface area contributed by atoms with E-state index in [-0.39, 0.29) is 24.5 Å². The number of ether oxygens (including phenoxy) is 2. The van der Waals surface area contributed by atoms with Crippen LogP contribution in [-0.2, 0) is 19.1 Å². The molecule has 1 heterocycles. The Labute approximate surface area is 115 Å². The average Bonchev–Trinajstić information content (AvgIpc) is 2.75. The van der Waals surface area contributed by atoms with E-state index in [1.807, 2.05) is 20.8 Å². The van der Waals surface area contributed by atoms with Crippen LogP contribution >= 0.6 is 0 Å². The van der Waals surface area contributed by atoms with E-state index in [9.17, 15) is 9.59 Å². The molecule has 1 saturated heterocycles. The molecule has 0 radical (unpaired) electrons. The van der Waals surface area contributed by atoms with Crippen LogP contribution in [0.5, 0.6) is 0 Å². The summed E-state index contributed by atoms with van der Waals surface area (Å²) in [6.07, 6.45) is 3.47. The summed E-state index contributed by atoms with van der Waals surface area (Å²) in [5.74, 6) is -0.415. The van der Waals surface area contributed by atoms with Gasteiger partial charge in [-0.05, 0) is 40.0 Å². The predicted octanol–water partition coefficient (Wildman–Crippen LogP) is 1.75. The summed E-state index contributed by atoms with van der Waals surface area (Å²) in [6, 6.07) is 0. The zero-order valence-electron chi connectivity index (χ0n) is 12.4. The molecule has 1 fully saturated rings. The van der Waals surface area contributed by atoms with Crippen molar-refractivity contribution in [3.63, 3.8) is 0 Å². The molecule has 1 amide bonds. The van der Waals surface area contributed by atoms with E-state index in [1.165, 1.54) is 4.90 Å². The minimum Gasteiger partial charge on any atom is -0.459 e. The highest BCUT2D eigenvalue weighted by molar-refractivity contribution is 5.81. The Morgan fingerprint density at radius 1 is 1.37 bits per heavy atom. The first kappa shape index (κ1) is 16.0. The highest BCUT2D eigenvalue weighted by Crippen LogP contribution is 2.17. The van der Waals surface area contributed by atoms with Crippen LogP contribution in [0.3, 0.4) is 0 Å². The second-order valence-corrected chi connectivity index (χ2v) is 6.01. The second-order valence-electron chi connectivity index (χ2n) is 6.01. The molecular weight excluding hydrogens is 246 g/mol. The monoisotopic (exact) mass is 271 g/mol. The van der Waals surface area contributed by atoms with E-state index >= 15 is 0 Å². The van der Waals surface area contributed by atoms with Crippen LogP contribution in [0.1, 0.15) is 46.5 Å². The zero-order valence-corrected chi connectivity index (χ0v) is 12.4. The third-order valence-electron chi connectivity index (χ3n) is 2.92. The number of rotatable bonds is 5. The Bertz CT molecular complexity index is 316. The lowest BCUT2D eigenvalue weighted by Gasteiger charge is -2.22. The molecule has 0 aliphatic carbocycles. The first-order valence-electron chi connectivity index (χ1n) is 6.85. The molecule has 1 atom stereocenters. The van der Waals surface area contributed by atoms with Crippen LogP contribution in [0.4, 0.5) is 0 Å². The second kappa shape index (κ2) is 6.89. The van der Waals surface area contributed by atoms with Gasteiger partial charge in [0.15, 0.2) is 0 Å². The maximum absolute atomic E-state index is 11.9.